The number of hydrogen-bond donors (Lipinski definition) is 1. The molecule has 1 heterocycles. The molecule has 0 aliphatic carbocycles. The zero-order valence-corrected chi connectivity index (χ0v) is 8.88. The van der Waals surface area contributed by atoms with Gasteiger partial charge in [0.05, 0.1) is 6.04 Å². The number of nitrogens with zero attached hydrogens (tertiary/aromatic N) is 1. The molecule has 0 aromatic carbocycles. The van der Waals surface area contributed by atoms with Crippen LogP contribution in [0, 0.1) is 0 Å². The summed E-state index contributed by atoms with van der Waals surface area (Å²) in [5.74, 6) is -0.152. The first-order chi connectivity index (χ1) is 6.66. The highest BCUT2D eigenvalue weighted by Gasteiger charge is 2.30. The fourth-order valence-corrected chi connectivity index (χ4v) is 1.56. The molecule has 1 fully saturated rings. The van der Waals surface area contributed by atoms with Gasteiger partial charge in [0.1, 0.15) is 0 Å². The van der Waals surface area contributed by atoms with E-state index in [1.54, 1.807) is 7.05 Å². The minimum atomic E-state index is -0.149. The lowest BCUT2D eigenvalue weighted by molar-refractivity contribution is -0.148. The number of nitrogens with one attached hydrogen (secondary N) is 1. The number of rotatable bonds is 4. The molecule has 14 heavy (non-hydrogen) atoms. The zero-order chi connectivity index (χ0) is 10.6. The summed E-state index contributed by atoms with van der Waals surface area (Å²) in [6, 6.07) is -0.149. The third-order valence-corrected chi connectivity index (χ3v) is 2.57. The Morgan fingerprint density at radius 1 is 1.50 bits per heavy atom. The van der Waals surface area contributed by atoms with Crippen LogP contribution in [0.4, 0.5) is 0 Å². The molecule has 2 amide bonds. The third kappa shape index (κ3) is 2.54. The number of unbranched alkanes of at least 4 members (excludes halogenated alkanes) is 1. The second kappa shape index (κ2) is 5.10. The van der Waals surface area contributed by atoms with Gasteiger partial charge in [0.25, 0.3) is 0 Å². The van der Waals surface area contributed by atoms with Crippen LogP contribution in [0.15, 0.2) is 0 Å². The molecule has 1 N–H and O–H groups in total. The molecule has 1 aliphatic heterocycles. The van der Waals surface area contributed by atoms with Crippen LogP contribution in [-0.4, -0.2) is 36.3 Å². The summed E-state index contributed by atoms with van der Waals surface area (Å²) < 4.78 is 0. The predicted molar refractivity (Wildman–Crippen MR) is 53.7 cm³/mol. The largest absolute Gasteiger partial charge is 0.306 e. The van der Waals surface area contributed by atoms with Gasteiger partial charge in [0.2, 0.25) is 11.8 Å². The molecule has 1 atom stereocenters. The number of carbonyl (C=O) groups is 2. The molecule has 0 bridgehead atoms. The summed E-state index contributed by atoms with van der Waals surface area (Å²) in [6.07, 6.45) is 3.31. The molecule has 0 spiro atoms. The van der Waals surface area contributed by atoms with Crippen molar-refractivity contribution in [2.75, 3.05) is 13.6 Å². The molecular weight excluding hydrogens is 180 g/mol. The van der Waals surface area contributed by atoms with E-state index < -0.39 is 0 Å². The number of likely N-dealkylation sites (N-methyl/N-ethyl adjacent to an activating group) is 1. The first-order valence-corrected chi connectivity index (χ1v) is 5.20. The predicted octanol–water partition coefficient (Wildman–Crippen LogP) is 0.523. The Kier molecular flexibility index (Phi) is 4.07. The summed E-state index contributed by atoms with van der Waals surface area (Å²) in [7, 11) is 1.55. The molecule has 80 valence electrons. The maximum atomic E-state index is 11.6. The standard InChI is InChI=1S/C10H18N2O2/c1-3-4-7-11-8-5-6-9(13)12(2)10(8)14/h8,11H,3-7H2,1-2H3. The average molecular weight is 198 g/mol. The molecule has 1 unspecified atom stereocenters. The Morgan fingerprint density at radius 3 is 2.86 bits per heavy atom. The van der Waals surface area contributed by atoms with Crippen LogP contribution in [-0.2, 0) is 9.59 Å². The molecule has 1 aliphatic rings. The Morgan fingerprint density at radius 2 is 2.21 bits per heavy atom. The number of imide groups is 1. The summed E-state index contributed by atoms with van der Waals surface area (Å²) in [6.45, 7) is 2.97. The second-order valence-corrected chi connectivity index (χ2v) is 3.69. The van der Waals surface area contributed by atoms with Gasteiger partial charge in [-0.3, -0.25) is 14.5 Å². The topological polar surface area (TPSA) is 49.4 Å². The van der Waals surface area contributed by atoms with E-state index >= 15 is 0 Å². The van der Waals surface area contributed by atoms with Crippen LogP contribution in [0.2, 0.25) is 0 Å². The monoisotopic (exact) mass is 198 g/mol. The smallest absolute Gasteiger partial charge is 0.246 e. The zero-order valence-electron chi connectivity index (χ0n) is 8.88. The van der Waals surface area contributed by atoms with E-state index in [2.05, 4.69) is 12.2 Å². The Bertz CT molecular complexity index is 228. The highest BCUT2D eigenvalue weighted by molar-refractivity contribution is 6.00. The molecule has 4 heteroatoms. The van der Waals surface area contributed by atoms with Crippen molar-refractivity contribution in [3.05, 3.63) is 0 Å². The van der Waals surface area contributed by atoms with Crippen molar-refractivity contribution < 1.29 is 9.59 Å². The van der Waals surface area contributed by atoms with Gasteiger partial charge in [0, 0.05) is 13.5 Å². The van der Waals surface area contributed by atoms with Gasteiger partial charge in [-0.2, -0.15) is 0 Å². The van der Waals surface area contributed by atoms with Gasteiger partial charge in [0.15, 0.2) is 0 Å². The summed E-state index contributed by atoms with van der Waals surface area (Å²) in [4.78, 5) is 24.0. The van der Waals surface area contributed by atoms with Gasteiger partial charge < -0.3 is 5.32 Å². The van der Waals surface area contributed by atoms with Crippen LogP contribution in [0.3, 0.4) is 0 Å². The van der Waals surface area contributed by atoms with Crippen LogP contribution >= 0.6 is 0 Å². The molecule has 0 aromatic rings. The van der Waals surface area contributed by atoms with E-state index in [0.29, 0.717) is 12.8 Å². The van der Waals surface area contributed by atoms with E-state index in [-0.39, 0.29) is 17.9 Å². The molecule has 1 rings (SSSR count). The first kappa shape index (κ1) is 11.2. The average Bonchev–Trinajstić information content (AvgIpc) is 2.18. The maximum absolute atomic E-state index is 11.6. The van der Waals surface area contributed by atoms with Gasteiger partial charge in [-0.25, -0.2) is 0 Å². The highest BCUT2D eigenvalue weighted by Crippen LogP contribution is 2.11. The van der Waals surface area contributed by atoms with Gasteiger partial charge >= 0.3 is 0 Å². The summed E-state index contributed by atoms with van der Waals surface area (Å²) in [5.41, 5.74) is 0. The van der Waals surface area contributed by atoms with Crippen molar-refractivity contribution in [3.8, 4) is 0 Å². The number of amides is 2. The van der Waals surface area contributed by atoms with E-state index in [9.17, 15) is 9.59 Å². The molecule has 1 saturated heterocycles. The first-order valence-electron chi connectivity index (χ1n) is 5.20. The van der Waals surface area contributed by atoms with Crippen LogP contribution in [0.25, 0.3) is 0 Å². The SMILES string of the molecule is CCCCNC1CCC(=O)N(C)C1=O. The summed E-state index contributed by atoms with van der Waals surface area (Å²) >= 11 is 0. The lowest BCUT2D eigenvalue weighted by Gasteiger charge is -2.28. The lowest BCUT2D eigenvalue weighted by atomic mass is 10.0. The lowest BCUT2D eigenvalue weighted by Crippen LogP contribution is -2.51. The molecule has 0 saturated carbocycles. The number of hydrogen-bond acceptors (Lipinski definition) is 3. The molecular formula is C10H18N2O2. The van der Waals surface area contributed by atoms with E-state index in [1.165, 1.54) is 4.90 Å². The van der Waals surface area contributed by atoms with E-state index in [1.807, 2.05) is 0 Å². The molecule has 0 radical (unpaired) electrons. The van der Waals surface area contributed by atoms with Gasteiger partial charge in [-0.1, -0.05) is 13.3 Å². The van der Waals surface area contributed by atoms with Crippen LogP contribution in [0.1, 0.15) is 32.6 Å². The Hall–Kier alpha value is -0.900. The third-order valence-electron chi connectivity index (χ3n) is 2.57. The van der Waals surface area contributed by atoms with Crippen molar-refractivity contribution in [2.24, 2.45) is 0 Å². The Balaban J connectivity index is 2.39. The quantitative estimate of drug-likeness (QED) is 0.529. The van der Waals surface area contributed by atoms with Crippen LogP contribution in [0.5, 0.6) is 0 Å². The molecule has 4 nitrogen and oxygen atoms in total. The van der Waals surface area contributed by atoms with Crippen molar-refractivity contribution >= 4 is 11.8 Å². The second-order valence-electron chi connectivity index (χ2n) is 3.69. The minimum absolute atomic E-state index is 0.0662. The fraction of sp³-hybridized carbons (Fsp3) is 0.800. The van der Waals surface area contributed by atoms with E-state index in [4.69, 9.17) is 0 Å². The van der Waals surface area contributed by atoms with Crippen LogP contribution < -0.4 is 5.32 Å². The normalized spacial score (nSPS) is 23.0. The number of carbonyl (C=O) groups excluding carboxylic acids is 2. The van der Waals surface area contributed by atoms with E-state index in [0.717, 1.165) is 19.4 Å². The number of likely N-dealkylation sites (tertiary alicyclic amines) is 1. The highest BCUT2D eigenvalue weighted by atomic mass is 16.2. The van der Waals surface area contributed by atoms with Crippen molar-refractivity contribution in [3.63, 3.8) is 0 Å². The number of piperidine rings is 1. The minimum Gasteiger partial charge on any atom is -0.306 e. The molecule has 0 aromatic heterocycles. The summed E-state index contributed by atoms with van der Waals surface area (Å²) in [5, 5.41) is 3.18. The van der Waals surface area contributed by atoms with Crippen molar-refractivity contribution in [2.45, 2.75) is 38.6 Å². The van der Waals surface area contributed by atoms with Crippen molar-refractivity contribution in [1.82, 2.24) is 10.2 Å². The van der Waals surface area contributed by atoms with Gasteiger partial charge in [-0.05, 0) is 19.4 Å². The van der Waals surface area contributed by atoms with Crippen molar-refractivity contribution in [1.29, 1.82) is 0 Å². The fourth-order valence-electron chi connectivity index (χ4n) is 1.56. The Labute approximate surface area is 84.7 Å². The van der Waals surface area contributed by atoms with Gasteiger partial charge in [-0.15, -0.1) is 0 Å². The maximum Gasteiger partial charge on any atom is 0.246 e.